The van der Waals surface area contributed by atoms with Crippen molar-refractivity contribution >= 4 is 17.3 Å². The van der Waals surface area contributed by atoms with Gasteiger partial charge in [0.1, 0.15) is 11.3 Å². The van der Waals surface area contributed by atoms with E-state index in [1.807, 2.05) is 4.90 Å². The van der Waals surface area contributed by atoms with Crippen LogP contribution < -0.4 is 4.90 Å². The lowest BCUT2D eigenvalue weighted by molar-refractivity contribution is -0.384. The third-order valence-electron chi connectivity index (χ3n) is 3.55. The zero-order chi connectivity index (χ0) is 14.0. The van der Waals surface area contributed by atoms with Crippen LogP contribution in [-0.2, 0) is 0 Å². The largest absolute Gasteiger partial charge is 0.477 e. The summed E-state index contributed by atoms with van der Waals surface area (Å²) in [5, 5.41) is 20.2. The number of nitrogens with zero attached hydrogens (tertiary/aromatic N) is 2. The molecule has 0 unspecified atom stereocenters. The van der Waals surface area contributed by atoms with Crippen LogP contribution in [0.2, 0.25) is 0 Å². The van der Waals surface area contributed by atoms with Gasteiger partial charge in [0.25, 0.3) is 0 Å². The van der Waals surface area contributed by atoms with Crippen molar-refractivity contribution in [2.24, 2.45) is 5.92 Å². The van der Waals surface area contributed by atoms with E-state index in [-0.39, 0.29) is 11.3 Å². The maximum Gasteiger partial charge on any atom is 0.342 e. The van der Waals surface area contributed by atoms with E-state index in [1.54, 1.807) is 12.1 Å². The second-order valence-corrected chi connectivity index (χ2v) is 4.91. The SMILES string of the molecule is CC1CCN(c2cccc(C(=O)O)c2[N+](=O)[O-])CC1. The molecule has 0 aliphatic carbocycles. The number of anilines is 1. The number of nitro groups is 1. The van der Waals surface area contributed by atoms with Crippen molar-refractivity contribution in [2.75, 3.05) is 18.0 Å². The Kier molecular flexibility index (Phi) is 3.69. The normalized spacial score (nSPS) is 16.4. The van der Waals surface area contributed by atoms with Crippen molar-refractivity contribution in [1.82, 2.24) is 0 Å². The number of carbonyl (C=O) groups is 1. The van der Waals surface area contributed by atoms with E-state index in [9.17, 15) is 14.9 Å². The topological polar surface area (TPSA) is 83.7 Å². The molecule has 1 aromatic rings. The van der Waals surface area contributed by atoms with E-state index in [0.29, 0.717) is 11.6 Å². The van der Waals surface area contributed by atoms with Gasteiger partial charge in [0.2, 0.25) is 0 Å². The van der Waals surface area contributed by atoms with Gasteiger partial charge in [-0.15, -0.1) is 0 Å². The number of aromatic carboxylic acids is 1. The third-order valence-corrected chi connectivity index (χ3v) is 3.55. The number of nitro benzene ring substituents is 1. The van der Waals surface area contributed by atoms with Crippen LogP contribution in [0.25, 0.3) is 0 Å². The van der Waals surface area contributed by atoms with Gasteiger partial charge < -0.3 is 10.0 Å². The predicted octanol–water partition coefficient (Wildman–Crippen LogP) is 2.53. The summed E-state index contributed by atoms with van der Waals surface area (Å²) in [5.41, 5.74) is -0.137. The summed E-state index contributed by atoms with van der Waals surface area (Å²) >= 11 is 0. The molecule has 6 nitrogen and oxygen atoms in total. The van der Waals surface area contributed by atoms with Crippen LogP contribution in [0.5, 0.6) is 0 Å². The van der Waals surface area contributed by atoms with E-state index < -0.39 is 10.9 Å². The fourth-order valence-corrected chi connectivity index (χ4v) is 2.40. The lowest BCUT2D eigenvalue weighted by Crippen LogP contribution is -2.33. The molecule has 0 saturated carbocycles. The lowest BCUT2D eigenvalue weighted by atomic mass is 9.98. The highest BCUT2D eigenvalue weighted by molar-refractivity contribution is 5.95. The molecule has 2 rings (SSSR count). The van der Waals surface area contributed by atoms with Crippen LogP contribution in [0.1, 0.15) is 30.1 Å². The molecule has 1 saturated heterocycles. The summed E-state index contributed by atoms with van der Waals surface area (Å²) in [6, 6.07) is 4.46. The van der Waals surface area contributed by atoms with Crippen LogP contribution in [0.4, 0.5) is 11.4 Å². The second kappa shape index (κ2) is 5.26. The van der Waals surface area contributed by atoms with Gasteiger partial charge in [-0.1, -0.05) is 13.0 Å². The molecule has 102 valence electrons. The Balaban J connectivity index is 2.42. The van der Waals surface area contributed by atoms with Gasteiger partial charge in [0, 0.05) is 13.1 Å². The van der Waals surface area contributed by atoms with Gasteiger partial charge >= 0.3 is 11.7 Å². The van der Waals surface area contributed by atoms with Gasteiger partial charge in [-0.2, -0.15) is 0 Å². The van der Waals surface area contributed by atoms with Crippen molar-refractivity contribution in [3.8, 4) is 0 Å². The van der Waals surface area contributed by atoms with Crippen LogP contribution >= 0.6 is 0 Å². The Morgan fingerprint density at radius 3 is 2.58 bits per heavy atom. The number of hydrogen-bond donors (Lipinski definition) is 1. The number of hydrogen-bond acceptors (Lipinski definition) is 4. The van der Waals surface area contributed by atoms with Crippen molar-refractivity contribution in [2.45, 2.75) is 19.8 Å². The van der Waals surface area contributed by atoms with Crippen LogP contribution in [0.3, 0.4) is 0 Å². The summed E-state index contributed by atoms with van der Waals surface area (Å²) in [5.74, 6) is -0.656. The van der Waals surface area contributed by atoms with Crippen LogP contribution in [0, 0.1) is 16.0 Å². The summed E-state index contributed by atoms with van der Waals surface area (Å²) < 4.78 is 0. The highest BCUT2D eigenvalue weighted by Gasteiger charge is 2.28. The molecule has 1 aliphatic heterocycles. The summed E-state index contributed by atoms with van der Waals surface area (Å²) in [6.45, 7) is 3.61. The van der Waals surface area contributed by atoms with Crippen molar-refractivity contribution in [1.29, 1.82) is 0 Å². The van der Waals surface area contributed by atoms with Crippen molar-refractivity contribution < 1.29 is 14.8 Å². The summed E-state index contributed by atoms with van der Waals surface area (Å²) in [4.78, 5) is 23.6. The van der Waals surface area contributed by atoms with Gasteiger partial charge in [-0.3, -0.25) is 10.1 Å². The molecule has 0 aromatic heterocycles. The Morgan fingerprint density at radius 2 is 2.05 bits per heavy atom. The second-order valence-electron chi connectivity index (χ2n) is 4.91. The molecule has 0 radical (unpaired) electrons. The van der Waals surface area contributed by atoms with E-state index in [2.05, 4.69) is 6.92 Å². The molecule has 0 atom stereocenters. The van der Waals surface area contributed by atoms with Crippen LogP contribution in [-0.4, -0.2) is 29.1 Å². The highest BCUT2D eigenvalue weighted by Crippen LogP contribution is 2.34. The number of rotatable bonds is 3. The Hall–Kier alpha value is -2.11. The maximum absolute atomic E-state index is 11.2. The lowest BCUT2D eigenvalue weighted by Gasteiger charge is -2.31. The molecule has 0 spiro atoms. The molecule has 0 bridgehead atoms. The number of para-hydroxylation sites is 1. The number of benzene rings is 1. The minimum Gasteiger partial charge on any atom is -0.477 e. The van der Waals surface area contributed by atoms with Gasteiger partial charge in [-0.05, 0) is 30.9 Å². The number of piperidine rings is 1. The zero-order valence-electron chi connectivity index (χ0n) is 10.7. The molecule has 1 fully saturated rings. The van der Waals surface area contributed by atoms with Crippen LogP contribution in [0.15, 0.2) is 18.2 Å². The predicted molar refractivity (Wildman–Crippen MR) is 70.7 cm³/mol. The Labute approximate surface area is 110 Å². The van der Waals surface area contributed by atoms with Gasteiger partial charge in [-0.25, -0.2) is 4.79 Å². The molecule has 19 heavy (non-hydrogen) atoms. The molecular formula is C13H16N2O4. The monoisotopic (exact) mass is 264 g/mol. The summed E-state index contributed by atoms with van der Waals surface area (Å²) in [7, 11) is 0. The standard InChI is InChI=1S/C13H16N2O4/c1-9-5-7-14(8-6-9)11-4-2-3-10(13(16)17)12(11)15(18)19/h2-4,9H,5-8H2,1H3,(H,16,17). The Bertz CT molecular complexity index is 507. The molecule has 0 amide bonds. The fourth-order valence-electron chi connectivity index (χ4n) is 2.40. The number of carboxylic acids is 1. The van der Waals surface area contributed by atoms with E-state index >= 15 is 0 Å². The van der Waals surface area contributed by atoms with E-state index in [1.165, 1.54) is 6.07 Å². The summed E-state index contributed by atoms with van der Waals surface area (Å²) in [6.07, 6.45) is 1.93. The molecule has 1 aliphatic rings. The molecule has 1 aromatic carbocycles. The minimum absolute atomic E-state index is 0.249. The van der Waals surface area contributed by atoms with Crippen molar-refractivity contribution in [3.63, 3.8) is 0 Å². The minimum atomic E-state index is -1.26. The molecule has 6 heteroatoms. The van der Waals surface area contributed by atoms with Gasteiger partial charge in [0.05, 0.1) is 4.92 Å². The molecule has 1 heterocycles. The first-order chi connectivity index (χ1) is 9.00. The quantitative estimate of drug-likeness (QED) is 0.670. The average molecular weight is 264 g/mol. The smallest absolute Gasteiger partial charge is 0.342 e. The maximum atomic E-state index is 11.2. The van der Waals surface area contributed by atoms with E-state index in [4.69, 9.17) is 5.11 Å². The average Bonchev–Trinajstić information content (AvgIpc) is 2.38. The van der Waals surface area contributed by atoms with E-state index in [0.717, 1.165) is 25.9 Å². The molecular weight excluding hydrogens is 248 g/mol. The number of carboxylic acid groups (broad SMARTS) is 1. The first kappa shape index (κ1) is 13.3. The third kappa shape index (κ3) is 2.67. The Morgan fingerprint density at radius 1 is 1.42 bits per heavy atom. The first-order valence-corrected chi connectivity index (χ1v) is 6.26. The zero-order valence-corrected chi connectivity index (χ0v) is 10.7. The van der Waals surface area contributed by atoms with Crippen molar-refractivity contribution in [3.05, 3.63) is 33.9 Å². The highest BCUT2D eigenvalue weighted by atomic mass is 16.6. The fraction of sp³-hybridized carbons (Fsp3) is 0.462. The molecule has 1 N–H and O–H groups in total. The first-order valence-electron chi connectivity index (χ1n) is 6.26. The van der Waals surface area contributed by atoms with Gasteiger partial charge in [0.15, 0.2) is 0 Å².